The number of urea groups is 1. The minimum Gasteiger partial charge on any atom is -0.449 e. The summed E-state index contributed by atoms with van der Waals surface area (Å²) in [4.78, 5) is 60.4. The Kier molecular flexibility index (Phi) is 6.73. The van der Waals surface area contributed by atoms with Crippen molar-refractivity contribution in [3.8, 4) is 0 Å². The molecule has 0 aliphatic carbocycles. The number of likely N-dealkylation sites (tertiary alicyclic amines) is 1. The Labute approximate surface area is 168 Å². The number of esters is 1. The number of ether oxygens (including phenoxy) is 1. The van der Waals surface area contributed by atoms with Crippen LogP contribution in [0.3, 0.4) is 0 Å². The first-order valence-electron chi connectivity index (χ1n) is 9.22. The minimum atomic E-state index is -1.17. The molecule has 0 aromatic heterocycles. The second kappa shape index (κ2) is 8.85. The van der Waals surface area contributed by atoms with Gasteiger partial charge in [0.2, 0.25) is 11.8 Å². The molecule has 2 rings (SSSR count). The third-order valence-electron chi connectivity index (χ3n) is 4.06. The van der Waals surface area contributed by atoms with Crippen LogP contribution < -0.4 is 10.6 Å². The van der Waals surface area contributed by atoms with Crippen molar-refractivity contribution >= 4 is 29.7 Å². The lowest BCUT2D eigenvalue weighted by Gasteiger charge is -2.21. The Morgan fingerprint density at radius 2 is 1.62 bits per heavy atom. The van der Waals surface area contributed by atoms with E-state index in [-0.39, 0.29) is 36.8 Å². The summed E-state index contributed by atoms with van der Waals surface area (Å²) in [6.07, 6.45) is -0.735. The van der Waals surface area contributed by atoms with Gasteiger partial charge in [-0.25, -0.2) is 9.59 Å². The lowest BCUT2D eigenvalue weighted by molar-refractivity contribution is -0.139. The number of amides is 5. The maximum atomic E-state index is 12.2. The summed E-state index contributed by atoms with van der Waals surface area (Å²) in [5.41, 5.74) is 0.373. The first-order chi connectivity index (χ1) is 13.5. The lowest BCUT2D eigenvalue weighted by Crippen LogP contribution is -2.50. The van der Waals surface area contributed by atoms with Gasteiger partial charge in [0, 0.05) is 18.4 Å². The van der Waals surface area contributed by atoms with E-state index in [9.17, 15) is 24.0 Å². The van der Waals surface area contributed by atoms with Crippen LogP contribution in [0.15, 0.2) is 24.3 Å². The fourth-order valence-electron chi connectivity index (χ4n) is 2.60. The molecular weight excluding hydrogens is 378 g/mol. The van der Waals surface area contributed by atoms with E-state index < -0.39 is 29.6 Å². The molecule has 1 aromatic carbocycles. The topological polar surface area (TPSA) is 122 Å². The highest BCUT2D eigenvalue weighted by molar-refractivity contribution is 6.02. The summed E-state index contributed by atoms with van der Waals surface area (Å²) in [5.74, 6) is -1.91. The molecule has 9 nitrogen and oxygen atoms in total. The first-order valence-corrected chi connectivity index (χ1v) is 9.22. The zero-order chi connectivity index (χ0) is 21.8. The average Bonchev–Trinajstić information content (AvgIpc) is 2.92. The standard InChI is InChI=1S/C20H25N3O6/c1-12(17(26)21-19(28)22-20(2,3)4)29-18(27)14-7-5-13(6-8-14)11-23-15(24)9-10-16(23)25/h5-8,12H,9-11H2,1-4H3,(H2,21,22,26,28). The van der Waals surface area contributed by atoms with Crippen LogP contribution in [0.4, 0.5) is 4.79 Å². The smallest absolute Gasteiger partial charge is 0.338 e. The van der Waals surface area contributed by atoms with E-state index in [1.807, 2.05) is 0 Å². The molecule has 0 radical (unpaired) electrons. The van der Waals surface area contributed by atoms with E-state index in [1.165, 1.54) is 24.0 Å². The number of hydrogen-bond acceptors (Lipinski definition) is 6. The summed E-state index contributed by atoms with van der Waals surface area (Å²) >= 11 is 0. The van der Waals surface area contributed by atoms with Crippen molar-refractivity contribution in [3.63, 3.8) is 0 Å². The predicted octanol–water partition coefficient (Wildman–Crippen LogP) is 1.51. The molecule has 1 aliphatic rings. The third kappa shape index (κ3) is 6.41. The van der Waals surface area contributed by atoms with E-state index in [1.54, 1.807) is 32.9 Å². The molecule has 5 amide bonds. The molecule has 0 bridgehead atoms. The van der Waals surface area contributed by atoms with Crippen LogP contribution in [0.25, 0.3) is 0 Å². The van der Waals surface area contributed by atoms with Gasteiger partial charge in [0.25, 0.3) is 5.91 Å². The van der Waals surface area contributed by atoms with Crippen molar-refractivity contribution in [2.75, 3.05) is 0 Å². The second-order valence-corrected chi connectivity index (χ2v) is 7.81. The van der Waals surface area contributed by atoms with Gasteiger partial charge in [-0.05, 0) is 45.4 Å². The first kappa shape index (κ1) is 22.1. The molecule has 1 saturated heterocycles. The van der Waals surface area contributed by atoms with E-state index in [2.05, 4.69) is 10.6 Å². The summed E-state index contributed by atoms with van der Waals surface area (Å²) in [6, 6.07) is 5.51. The Morgan fingerprint density at radius 3 is 2.14 bits per heavy atom. The summed E-state index contributed by atoms with van der Waals surface area (Å²) in [6.45, 7) is 6.80. The van der Waals surface area contributed by atoms with Gasteiger partial charge in [-0.15, -0.1) is 0 Å². The van der Waals surface area contributed by atoms with E-state index in [0.29, 0.717) is 5.56 Å². The van der Waals surface area contributed by atoms with Gasteiger partial charge in [-0.1, -0.05) is 12.1 Å². The summed E-state index contributed by atoms with van der Waals surface area (Å²) < 4.78 is 5.09. The quantitative estimate of drug-likeness (QED) is 0.568. The van der Waals surface area contributed by atoms with Crippen LogP contribution in [0, 0.1) is 0 Å². The average molecular weight is 403 g/mol. The number of nitrogens with zero attached hydrogens (tertiary/aromatic N) is 1. The lowest BCUT2D eigenvalue weighted by atomic mass is 10.1. The number of benzene rings is 1. The highest BCUT2D eigenvalue weighted by Crippen LogP contribution is 2.16. The molecule has 29 heavy (non-hydrogen) atoms. The molecular formula is C20H25N3O6. The van der Waals surface area contributed by atoms with Crippen LogP contribution in [0.1, 0.15) is 56.5 Å². The van der Waals surface area contributed by atoms with Crippen LogP contribution in [-0.4, -0.2) is 46.3 Å². The predicted molar refractivity (Wildman–Crippen MR) is 103 cm³/mol. The Balaban J connectivity index is 1.89. The Morgan fingerprint density at radius 1 is 1.07 bits per heavy atom. The zero-order valence-corrected chi connectivity index (χ0v) is 16.9. The Bertz CT molecular complexity index is 810. The molecule has 1 aromatic rings. The number of rotatable bonds is 5. The van der Waals surface area contributed by atoms with Crippen molar-refractivity contribution < 1.29 is 28.7 Å². The SMILES string of the molecule is CC(OC(=O)c1ccc(CN2C(=O)CCC2=O)cc1)C(=O)NC(=O)NC(C)(C)C. The van der Waals surface area contributed by atoms with Gasteiger partial charge in [0.15, 0.2) is 6.10 Å². The monoisotopic (exact) mass is 403 g/mol. The van der Waals surface area contributed by atoms with Gasteiger partial charge in [-0.2, -0.15) is 0 Å². The van der Waals surface area contributed by atoms with Crippen molar-refractivity contribution in [1.82, 2.24) is 15.5 Å². The van der Waals surface area contributed by atoms with Crippen LogP contribution in [0.5, 0.6) is 0 Å². The summed E-state index contributed by atoms with van der Waals surface area (Å²) in [5, 5.41) is 4.68. The van der Waals surface area contributed by atoms with Crippen molar-refractivity contribution in [1.29, 1.82) is 0 Å². The second-order valence-electron chi connectivity index (χ2n) is 7.81. The van der Waals surface area contributed by atoms with Gasteiger partial charge in [-0.3, -0.25) is 24.6 Å². The molecule has 1 atom stereocenters. The van der Waals surface area contributed by atoms with Gasteiger partial charge in [0.1, 0.15) is 0 Å². The molecule has 1 heterocycles. The van der Waals surface area contributed by atoms with E-state index in [4.69, 9.17) is 4.74 Å². The highest BCUT2D eigenvalue weighted by Gasteiger charge is 2.28. The van der Waals surface area contributed by atoms with Gasteiger partial charge >= 0.3 is 12.0 Å². The number of imide groups is 2. The maximum absolute atomic E-state index is 12.2. The number of carbonyl (C=O) groups is 5. The van der Waals surface area contributed by atoms with E-state index in [0.717, 1.165) is 0 Å². The molecule has 1 unspecified atom stereocenters. The van der Waals surface area contributed by atoms with Gasteiger partial charge < -0.3 is 10.1 Å². The minimum absolute atomic E-state index is 0.148. The number of nitrogens with one attached hydrogen (secondary N) is 2. The van der Waals surface area contributed by atoms with Crippen molar-refractivity contribution in [2.24, 2.45) is 0 Å². The van der Waals surface area contributed by atoms with Crippen molar-refractivity contribution in [2.45, 2.75) is 58.7 Å². The molecule has 1 fully saturated rings. The molecule has 0 saturated carbocycles. The normalized spacial score (nSPS) is 15.1. The fraction of sp³-hybridized carbons (Fsp3) is 0.450. The van der Waals surface area contributed by atoms with Crippen LogP contribution >= 0.6 is 0 Å². The largest absolute Gasteiger partial charge is 0.449 e. The summed E-state index contributed by atoms with van der Waals surface area (Å²) in [7, 11) is 0. The molecule has 1 aliphatic heterocycles. The molecule has 156 valence electrons. The van der Waals surface area contributed by atoms with Gasteiger partial charge in [0.05, 0.1) is 12.1 Å². The molecule has 9 heteroatoms. The van der Waals surface area contributed by atoms with Crippen molar-refractivity contribution in [3.05, 3.63) is 35.4 Å². The number of hydrogen-bond donors (Lipinski definition) is 2. The van der Waals surface area contributed by atoms with Crippen LogP contribution in [0.2, 0.25) is 0 Å². The Hall–Kier alpha value is -3.23. The molecule has 2 N–H and O–H groups in total. The van der Waals surface area contributed by atoms with E-state index >= 15 is 0 Å². The van der Waals surface area contributed by atoms with Crippen LogP contribution in [-0.2, 0) is 25.7 Å². The number of carbonyl (C=O) groups excluding carboxylic acids is 5. The zero-order valence-electron chi connectivity index (χ0n) is 16.9. The maximum Gasteiger partial charge on any atom is 0.338 e. The fourth-order valence-corrected chi connectivity index (χ4v) is 2.60. The third-order valence-corrected chi connectivity index (χ3v) is 4.06. The highest BCUT2D eigenvalue weighted by atomic mass is 16.5. The molecule has 0 spiro atoms.